The van der Waals surface area contributed by atoms with Crippen LogP contribution in [-0.2, 0) is 5.88 Å². The number of H-pyrrole nitrogens is 1. The molecule has 0 amide bonds. The number of aromatic amines is 1. The molecule has 1 aromatic heterocycles. The number of rotatable bonds is 3. The summed E-state index contributed by atoms with van der Waals surface area (Å²) in [7, 11) is 1.55. The molecule has 1 heterocycles. The lowest BCUT2D eigenvalue weighted by atomic mass is 10.1. The molecule has 3 nitrogen and oxygen atoms in total. The average molecular weight is 284 g/mol. The van der Waals surface area contributed by atoms with Gasteiger partial charge in [0.15, 0.2) is 0 Å². The van der Waals surface area contributed by atoms with E-state index in [1.165, 1.54) is 0 Å². The Balaban J connectivity index is 2.46. The summed E-state index contributed by atoms with van der Waals surface area (Å²) in [6, 6.07) is 8.84. The molecule has 0 spiro atoms. The Hall–Kier alpha value is -1.45. The van der Waals surface area contributed by atoms with Crippen LogP contribution in [0.2, 0.25) is 5.02 Å². The summed E-state index contributed by atoms with van der Waals surface area (Å²) in [6.07, 6.45) is 0. The molecule has 0 aliphatic heterocycles. The number of benzene rings is 1. The third kappa shape index (κ3) is 2.52. The highest BCUT2D eigenvalue weighted by atomic mass is 35.5. The molecule has 1 N–H and O–H groups in total. The average Bonchev–Trinajstić information content (AvgIpc) is 2.38. The van der Waals surface area contributed by atoms with Crippen molar-refractivity contribution in [2.24, 2.45) is 0 Å². The van der Waals surface area contributed by atoms with E-state index in [1.807, 2.05) is 6.07 Å². The predicted molar refractivity (Wildman–Crippen MR) is 73.6 cm³/mol. The lowest BCUT2D eigenvalue weighted by Gasteiger charge is -2.06. The van der Waals surface area contributed by atoms with Gasteiger partial charge in [0.1, 0.15) is 5.75 Å². The van der Waals surface area contributed by atoms with Crippen molar-refractivity contribution < 1.29 is 4.74 Å². The number of aromatic nitrogens is 1. The van der Waals surface area contributed by atoms with Crippen molar-refractivity contribution >= 4 is 23.2 Å². The lowest BCUT2D eigenvalue weighted by molar-refractivity contribution is 0.415. The second-order valence-corrected chi connectivity index (χ2v) is 4.38. The number of pyridine rings is 1. The number of alkyl halides is 1. The Bertz CT molecular complexity index is 623. The Labute approximate surface area is 114 Å². The van der Waals surface area contributed by atoms with Crippen LogP contribution in [0.1, 0.15) is 5.56 Å². The SMILES string of the molecule is COc1ccc(-c2ccc(CCl)c(=O)[nH]2)cc1Cl. The first-order valence-corrected chi connectivity index (χ1v) is 6.19. The van der Waals surface area contributed by atoms with Gasteiger partial charge in [0, 0.05) is 11.3 Å². The molecule has 0 unspecified atom stereocenters. The van der Waals surface area contributed by atoms with Crippen molar-refractivity contribution in [1.29, 1.82) is 0 Å². The van der Waals surface area contributed by atoms with E-state index in [0.29, 0.717) is 22.0 Å². The fourth-order valence-electron chi connectivity index (χ4n) is 1.61. The van der Waals surface area contributed by atoms with E-state index in [4.69, 9.17) is 27.9 Å². The second-order valence-electron chi connectivity index (χ2n) is 3.71. The van der Waals surface area contributed by atoms with Gasteiger partial charge in [-0.25, -0.2) is 0 Å². The molecule has 2 rings (SSSR count). The van der Waals surface area contributed by atoms with Crippen LogP contribution in [0.5, 0.6) is 5.75 Å². The molecular formula is C13H11Cl2NO2. The topological polar surface area (TPSA) is 42.1 Å². The molecule has 0 bridgehead atoms. The minimum Gasteiger partial charge on any atom is -0.495 e. The maximum Gasteiger partial charge on any atom is 0.252 e. The highest BCUT2D eigenvalue weighted by molar-refractivity contribution is 6.32. The second kappa shape index (κ2) is 5.46. The Morgan fingerprint density at radius 1 is 1.28 bits per heavy atom. The molecule has 5 heteroatoms. The van der Waals surface area contributed by atoms with Crippen molar-refractivity contribution in [3.8, 4) is 17.0 Å². The van der Waals surface area contributed by atoms with Crippen molar-refractivity contribution in [1.82, 2.24) is 4.98 Å². The van der Waals surface area contributed by atoms with E-state index in [0.717, 1.165) is 5.56 Å². The van der Waals surface area contributed by atoms with Crippen LogP contribution in [0.25, 0.3) is 11.3 Å². The molecule has 94 valence electrons. The summed E-state index contributed by atoms with van der Waals surface area (Å²) in [5.74, 6) is 0.791. The van der Waals surface area contributed by atoms with Crippen LogP contribution in [0.3, 0.4) is 0 Å². The summed E-state index contributed by atoms with van der Waals surface area (Å²) in [5.41, 5.74) is 1.87. The van der Waals surface area contributed by atoms with Gasteiger partial charge in [0.05, 0.1) is 18.0 Å². The molecule has 18 heavy (non-hydrogen) atoms. The van der Waals surface area contributed by atoms with Gasteiger partial charge in [-0.3, -0.25) is 4.79 Å². The zero-order valence-corrected chi connectivity index (χ0v) is 11.2. The predicted octanol–water partition coefficient (Wildman–Crippen LogP) is 3.44. The van der Waals surface area contributed by atoms with E-state index in [-0.39, 0.29) is 11.4 Å². The number of hydrogen-bond acceptors (Lipinski definition) is 2. The molecule has 1 aromatic carbocycles. The van der Waals surface area contributed by atoms with Crippen LogP contribution < -0.4 is 10.3 Å². The van der Waals surface area contributed by atoms with Crippen molar-refractivity contribution in [3.05, 3.63) is 51.3 Å². The van der Waals surface area contributed by atoms with Gasteiger partial charge in [0.25, 0.3) is 5.56 Å². The molecule has 0 atom stereocenters. The van der Waals surface area contributed by atoms with Gasteiger partial charge in [0.2, 0.25) is 0 Å². The van der Waals surface area contributed by atoms with Crippen LogP contribution in [0.15, 0.2) is 35.1 Å². The largest absolute Gasteiger partial charge is 0.495 e. The van der Waals surface area contributed by atoms with E-state index in [1.54, 1.807) is 31.4 Å². The Morgan fingerprint density at radius 2 is 2.06 bits per heavy atom. The van der Waals surface area contributed by atoms with E-state index in [2.05, 4.69) is 4.98 Å². The van der Waals surface area contributed by atoms with Gasteiger partial charge in [-0.1, -0.05) is 17.7 Å². The first-order valence-electron chi connectivity index (χ1n) is 5.28. The molecule has 0 radical (unpaired) electrons. The van der Waals surface area contributed by atoms with Gasteiger partial charge in [-0.05, 0) is 29.8 Å². The number of hydrogen-bond donors (Lipinski definition) is 1. The minimum atomic E-state index is -0.186. The first kappa shape index (κ1) is 13.0. The van der Waals surface area contributed by atoms with Crippen LogP contribution >= 0.6 is 23.2 Å². The number of methoxy groups -OCH3 is 1. The van der Waals surface area contributed by atoms with E-state index < -0.39 is 0 Å². The summed E-state index contributed by atoms with van der Waals surface area (Å²) in [6.45, 7) is 0. The van der Waals surface area contributed by atoms with Gasteiger partial charge in [-0.2, -0.15) is 0 Å². The first-order chi connectivity index (χ1) is 8.65. The molecule has 2 aromatic rings. The summed E-state index contributed by atoms with van der Waals surface area (Å²) in [4.78, 5) is 14.4. The Morgan fingerprint density at radius 3 is 2.61 bits per heavy atom. The number of nitrogens with one attached hydrogen (secondary N) is 1. The number of ether oxygens (including phenoxy) is 1. The summed E-state index contributed by atoms with van der Waals surface area (Å²) in [5, 5.41) is 0.497. The van der Waals surface area contributed by atoms with Crippen LogP contribution in [0, 0.1) is 0 Å². The van der Waals surface area contributed by atoms with Crippen molar-refractivity contribution in [2.45, 2.75) is 5.88 Å². The number of halogens is 2. The molecule has 0 aliphatic carbocycles. The molecule has 0 fully saturated rings. The zero-order chi connectivity index (χ0) is 13.1. The minimum absolute atomic E-state index is 0.186. The van der Waals surface area contributed by atoms with E-state index >= 15 is 0 Å². The maximum absolute atomic E-state index is 11.7. The molecule has 0 saturated heterocycles. The summed E-state index contributed by atoms with van der Waals surface area (Å²) < 4.78 is 5.07. The highest BCUT2D eigenvalue weighted by Gasteiger charge is 2.06. The quantitative estimate of drug-likeness (QED) is 0.877. The molecular weight excluding hydrogens is 273 g/mol. The third-order valence-corrected chi connectivity index (χ3v) is 3.18. The molecule has 0 saturated carbocycles. The summed E-state index contributed by atoms with van der Waals surface area (Å²) >= 11 is 11.7. The fraction of sp³-hybridized carbons (Fsp3) is 0.154. The third-order valence-electron chi connectivity index (χ3n) is 2.60. The highest BCUT2D eigenvalue weighted by Crippen LogP contribution is 2.28. The van der Waals surface area contributed by atoms with Gasteiger partial charge in [-0.15, -0.1) is 11.6 Å². The van der Waals surface area contributed by atoms with Gasteiger partial charge >= 0.3 is 0 Å². The Kier molecular flexibility index (Phi) is 3.94. The fourth-order valence-corrected chi connectivity index (χ4v) is 2.08. The zero-order valence-electron chi connectivity index (χ0n) is 9.67. The van der Waals surface area contributed by atoms with E-state index in [9.17, 15) is 4.79 Å². The van der Waals surface area contributed by atoms with Gasteiger partial charge < -0.3 is 9.72 Å². The standard InChI is InChI=1S/C13H11Cl2NO2/c1-18-12-5-3-8(6-10(12)15)11-4-2-9(7-14)13(17)16-11/h2-6H,7H2,1H3,(H,16,17). The van der Waals surface area contributed by atoms with Crippen LogP contribution in [0.4, 0.5) is 0 Å². The van der Waals surface area contributed by atoms with Crippen molar-refractivity contribution in [3.63, 3.8) is 0 Å². The maximum atomic E-state index is 11.7. The monoisotopic (exact) mass is 283 g/mol. The van der Waals surface area contributed by atoms with Crippen LogP contribution in [-0.4, -0.2) is 12.1 Å². The normalized spacial score (nSPS) is 10.4. The lowest BCUT2D eigenvalue weighted by Crippen LogP contribution is -2.11. The van der Waals surface area contributed by atoms with Crippen molar-refractivity contribution in [2.75, 3.05) is 7.11 Å². The smallest absolute Gasteiger partial charge is 0.252 e. The molecule has 0 aliphatic rings.